The summed E-state index contributed by atoms with van der Waals surface area (Å²) in [6, 6.07) is 17.8. The molecular formula is C17H14N4O3S. The summed E-state index contributed by atoms with van der Waals surface area (Å²) in [4.78, 5) is 20.5. The molecule has 7 nitrogen and oxygen atoms in total. The van der Waals surface area contributed by atoms with E-state index in [1.54, 1.807) is 54.6 Å². The Hall–Kier alpha value is -3.26. The van der Waals surface area contributed by atoms with E-state index in [2.05, 4.69) is 14.7 Å². The molecule has 3 aromatic rings. The minimum atomic E-state index is -4.27. The molecule has 1 N–H and O–H groups in total. The first-order valence-electron chi connectivity index (χ1n) is 7.32. The second-order valence-corrected chi connectivity index (χ2v) is 6.47. The van der Waals surface area contributed by atoms with E-state index >= 15 is 0 Å². The molecule has 0 fully saturated rings. The average Bonchev–Trinajstić information content (AvgIpc) is 2.63. The van der Waals surface area contributed by atoms with E-state index in [9.17, 15) is 13.2 Å². The highest BCUT2D eigenvalue weighted by molar-refractivity contribution is 7.94. The second-order valence-electron chi connectivity index (χ2n) is 4.95. The Morgan fingerprint density at radius 3 is 2.00 bits per heavy atom. The topological polar surface area (TPSA) is 92.3 Å². The summed E-state index contributed by atoms with van der Waals surface area (Å²) in [7, 11) is -4.27. The van der Waals surface area contributed by atoms with Crippen molar-refractivity contribution in [1.29, 1.82) is 0 Å². The SMILES string of the molecule is O=C(c1ccccc1)N(c1ccccc1)S(=O)(=O)Nc1ncccn1. The van der Waals surface area contributed by atoms with Crippen LogP contribution in [0.1, 0.15) is 10.4 Å². The van der Waals surface area contributed by atoms with Gasteiger partial charge in [0.1, 0.15) is 0 Å². The third-order valence-electron chi connectivity index (χ3n) is 3.22. The third-order valence-corrected chi connectivity index (χ3v) is 4.52. The Kier molecular flexibility index (Phi) is 4.71. The van der Waals surface area contributed by atoms with Crippen molar-refractivity contribution in [2.24, 2.45) is 0 Å². The van der Waals surface area contributed by atoms with Crippen molar-refractivity contribution in [2.75, 3.05) is 9.03 Å². The van der Waals surface area contributed by atoms with Crippen LogP contribution >= 0.6 is 0 Å². The van der Waals surface area contributed by atoms with Crippen molar-refractivity contribution < 1.29 is 13.2 Å². The minimum Gasteiger partial charge on any atom is -0.268 e. The molecule has 3 rings (SSSR count). The van der Waals surface area contributed by atoms with Crippen LogP contribution in [0.25, 0.3) is 0 Å². The van der Waals surface area contributed by atoms with Gasteiger partial charge in [-0.05, 0) is 30.3 Å². The van der Waals surface area contributed by atoms with Crippen LogP contribution in [0.5, 0.6) is 0 Å². The lowest BCUT2D eigenvalue weighted by Gasteiger charge is -2.22. The summed E-state index contributed by atoms with van der Waals surface area (Å²) >= 11 is 0. The molecule has 0 aliphatic heterocycles. The fraction of sp³-hybridized carbons (Fsp3) is 0. The van der Waals surface area contributed by atoms with E-state index in [0.717, 1.165) is 0 Å². The molecule has 0 radical (unpaired) electrons. The standard InChI is InChI=1S/C17H14N4O3S/c22-16(14-8-3-1-4-9-14)21(15-10-5-2-6-11-15)25(23,24)20-17-18-12-7-13-19-17/h1-13H,(H,18,19,20). The third kappa shape index (κ3) is 3.81. The van der Waals surface area contributed by atoms with Gasteiger partial charge < -0.3 is 0 Å². The number of aromatic nitrogens is 2. The summed E-state index contributed by atoms with van der Waals surface area (Å²) in [5.41, 5.74) is 0.450. The van der Waals surface area contributed by atoms with E-state index < -0.39 is 16.1 Å². The van der Waals surface area contributed by atoms with Crippen molar-refractivity contribution in [3.05, 3.63) is 84.7 Å². The fourth-order valence-electron chi connectivity index (χ4n) is 2.14. The van der Waals surface area contributed by atoms with Crippen molar-refractivity contribution in [1.82, 2.24) is 9.97 Å². The molecule has 0 spiro atoms. The van der Waals surface area contributed by atoms with E-state index in [-0.39, 0.29) is 17.2 Å². The number of para-hydroxylation sites is 1. The molecular weight excluding hydrogens is 340 g/mol. The summed E-state index contributed by atoms with van der Waals surface area (Å²) in [5, 5.41) is 0. The van der Waals surface area contributed by atoms with Gasteiger partial charge in [-0.25, -0.2) is 14.7 Å². The Morgan fingerprint density at radius 1 is 0.840 bits per heavy atom. The first-order valence-corrected chi connectivity index (χ1v) is 8.76. The first kappa shape index (κ1) is 16.6. The van der Waals surface area contributed by atoms with Crippen LogP contribution in [0.3, 0.4) is 0 Å². The van der Waals surface area contributed by atoms with Crippen LogP contribution in [0.2, 0.25) is 0 Å². The number of benzene rings is 2. The normalized spacial score (nSPS) is 10.9. The van der Waals surface area contributed by atoms with E-state index in [4.69, 9.17) is 0 Å². The van der Waals surface area contributed by atoms with E-state index in [1.807, 2.05) is 0 Å². The molecule has 0 aliphatic rings. The van der Waals surface area contributed by atoms with Crippen molar-refractivity contribution in [2.45, 2.75) is 0 Å². The number of nitrogens with zero attached hydrogens (tertiary/aromatic N) is 3. The van der Waals surface area contributed by atoms with Gasteiger partial charge in [-0.1, -0.05) is 36.4 Å². The largest absolute Gasteiger partial charge is 0.333 e. The number of carbonyl (C=O) groups excluding carboxylic acids is 1. The summed E-state index contributed by atoms with van der Waals surface area (Å²) in [5.74, 6) is -0.806. The molecule has 126 valence electrons. The van der Waals surface area contributed by atoms with Gasteiger partial charge in [-0.2, -0.15) is 12.7 Å². The molecule has 0 saturated carbocycles. The molecule has 1 aromatic heterocycles. The molecule has 8 heteroatoms. The monoisotopic (exact) mass is 354 g/mol. The van der Waals surface area contributed by atoms with Crippen LogP contribution < -0.4 is 9.03 Å². The molecule has 25 heavy (non-hydrogen) atoms. The minimum absolute atomic E-state index is 0.121. The second kappa shape index (κ2) is 7.10. The van der Waals surface area contributed by atoms with Gasteiger partial charge in [0.05, 0.1) is 5.69 Å². The van der Waals surface area contributed by atoms with Crippen LogP contribution in [0.4, 0.5) is 11.6 Å². The maximum Gasteiger partial charge on any atom is 0.333 e. The van der Waals surface area contributed by atoms with Crippen molar-refractivity contribution >= 4 is 27.8 Å². The molecule has 0 bridgehead atoms. The maximum absolute atomic E-state index is 12.8. The van der Waals surface area contributed by atoms with Crippen LogP contribution in [0, 0.1) is 0 Å². The quantitative estimate of drug-likeness (QED) is 0.760. The molecule has 2 aromatic carbocycles. The predicted molar refractivity (Wildman–Crippen MR) is 94.3 cm³/mol. The van der Waals surface area contributed by atoms with Crippen LogP contribution in [0.15, 0.2) is 79.1 Å². The Morgan fingerprint density at radius 2 is 1.40 bits per heavy atom. The zero-order valence-corrected chi connectivity index (χ0v) is 13.8. The number of carbonyl (C=O) groups is 1. The molecule has 0 aliphatic carbocycles. The number of nitrogens with one attached hydrogen (secondary N) is 1. The lowest BCUT2D eigenvalue weighted by atomic mass is 10.2. The maximum atomic E-state index is 12.8. The number of amides is 1. The van der Waals surface area contributed by atoms with Crippen molar-refractivity contribution in [3.8, 4) is 0 Å². The van der Waals surface area contributed by atoms with Gasteiger partial charge in [0.2, 0.25) is 5.95 Å². The smallest absolute Gasteiger partial charge is 0.268 e. The van der Waals surface area contributed by atoms with Gasteiger partial charge in [0, 0.05) is 18.0 Å². The molecule has 0 atom stereocenters. The fourth-order valence-corrected chi connectivity index (χ4v) is 3.29. The summed E-state index contributed by atoms with van der Waals surface area (Å²) in [6.45, 7) is 0. The number of hydrogen-bond donors (Lipinski definition) is 1. The van der Waals surface area contributed by atoms with Crippen molar-refractivity contribution in [3.63, 3.8) is 0 Å². The highest BCUT2D eigenvalue weighted by atomic mass is 32.2. The van der Waals surface area contributed by atoms with Gasteiger partial charge in [-0.15, -0.1) is 0 Å². The predicted octanol–water partition coefficient (Wildman–Crippen LogP) is 2.48. The highest BCUT2D eigenvalue weighted by Crippen LogP contribution is 2.21. The van der Waals surface area contributed by atoms with E-state index in [1.165, 1.54) is 24.5 Å². The molecule has 0 unspecified atom stereocenters. The summed E-state index contributed by atoms with van der Waals surface area (Å²) in [6.07, 6.45) is 2.80. The molecule has 1 amide bonds. The highest BCUT2D eigenvalue weighted by Gasteiger charge is 2.30. The Bertz CT molecular complexity index is 949. The number of hydrogen-bond acceptors (Lipinski definition) is 5. The number of rotatable bonds is 5. The number of anilines is 2. The van der Waals surface area contributed by atoms with Gasteiger partial charge in [0.25, 0.3) is 5.91 Å². The summed E-state index contributed by atoms with van der Waals surface area (Å²) < 4.78 is 28.6. The van der Waals surface area contributed by atoms with Gasteiger partial charge in [-0.3, -0.25) is 4.79 Å². The van der Waals surface area contributed by atoms with Gasteiger partial charge >= 0.3 is 10.2 Å². The van der Waals surface area contributed by atoms with Gasteiger partial charge in [0.15, 0.2) is 0 Å². The van der Waals surface area contributed by atoms with E-state index in [0.29, 0.717) is 4.31 Å². The molecule has 0 saturated heterocycles. The van der Waals surface area contributed by atoms with Crippen LogP contribution in [-0.2, 0) is 10.2 Å². The lowest BCUT2D eigenvalue weighted by Crippen LogP contribution is -2.41. The Balaban J connectivity index is 2.04. The lowest BCUT2D eigenvalue weighted by molar-refractivity contribution is 0.101. The zero-order valence-electron chi connectivity index (χ0n) is 13.0. The van der Waals surface area contributed by atoms with Crippen LogP contribution in [-0.4, -0.2) is 24.3 Å². The molecule has 1 heterocycles. The first-order chi connectivity index (χ1) is 12.1. The zero-order chi connectivity index (χ0) is 17.7. The average molecular weight is 354 g/mol. The Labute approximate surface area is 145 Å².